The average molecular weight is 288 g/mol. The highest BCUT2D eigenvalue weighted by molar-refractivity contribution is 5.98. The summed E-state index contributed by atoms with van der Waals surface area (Å²) in [4.78, 5) is 22.3. The second-order valence-electron chi connectivity index (χ2n) is 4.52. The normalized spacial score (nSPS) is 11.7. The molecule has 1 N–H and O–H groups in total. The van der Waals surface area contributed by atoms with Gasteiger partial charge in [-0.15, -0.1) is 0 Å². The fourth-order valence-electron chi connectivity index (χ4n) is 1.95. The molecule has 0 saturated heterocycles. The zero-order valence-electron chi connectivity index (χ0n) is 11.2. The quantitative estimate of drug-likeness (QED) is 0.693. The molecule has 2 aromatic rings. The lowest BCUT2D eigenvalue weighted by atomic mass is 10.1. The summed E-state index contributed by atoms with van der Waals surface area (Å²) in [5, 5.41) is 13.5. The number of nitro benzene ring substituents is 1. The molecule has 21 heavy (non-hydrogen) atoms. The Morgan fingerprint density at radius 3 is 2.52 bits per heavy atom. The van der Waals surface area contributed by atoms with Crippen LogP contribution in [0.3, 0.4) is 0 Å². The Morgan fingerprint density at radius 1 is 1.24 bits per heavy atom. The molecule has 2 rings (SSSR count). The van der Waals surface area contributed by atoms with Gasteiger partial charge in [-0.2, -0.15) is 0 Å². The molecule has 0 heterocycles. The fraction of sp³-hybridized carbons (Fsp3) is 0.133. The van der Waals surface area contributed by atoms with Crippen molar-refractivity contribution >= 4 is 11.6 Å². The van der Waals surface area contributed by atoms with Gasteiger partial charge in [0.25, 0.3) is 11.6 Å². The Bertz CT molecular complexity index is 674. The van der Waals surface area contributed by atoms with Crippen molar-refractivity contribution < 1.29 is 14.1 Å². The van der Waals surface area contributed by atoms with E-state index >= 15 is 0 Å². The molecule has 1 atom stereocenters. The van der Waals surface area contributed by atoms with Crippen LogP contribution in [0.1, 0.15) is 28.9 Å². The fourth-order valence-corrected chi connectivity index (χ4v) is 1.95. The molecule has 0 aromatic heterocycles. The number of carbonyl (C=O) groups is 1. The largest absolute Gasteiger partial charge is 0.345 e. The van der Waals surface area contributed by atoms with Crippen LogP contribution in [0.5, 0.6) is 0 Å². The Hall–Kier alpha value is -2.76. The monoisotopic (exact) mass is 288 g/mol. The number of hydrogen-bond acceptors (Lipinski definition) is 3. The summed E-state index contributed by atoms with van der Waals surface area (Å²) in [6.07, 6.45) is 0. The lowest BCUT2D eigenvalue weighted by Crippen LogP contribution is -2.27. The Balaban J connectivity index is 2.25. The number of nitrogens with one attached hydrogen (secondary N) is 1. The van der Waals surface area contributed by atoms with Crippen LogP contribution >= 0.6 is 0 Å². The lowest BCUT2D eigenvalue weighted by Gasteiger charge is -2.14. The first-order valence-corrected chi connectivity index (χ1v) is 6.29. The molecule has 5 nitrogen and oxygen atoms in total. The highest BCUT2D eigenvalue weighted by atomic mass is 19.1. The van der Waals surface area contributed by atoms with Crippen molar-refractivity contribution in [3.63, 3.8) is 0 Å². The summed E-state index contributed by atoms with van der Waals surface area (Å²) in [6, 6.07) is 11.6. The highest BCUT2D eigenvalue weighted by Crippen LogP contribution is 2.21. The molecule has 0 fully saturated rings. The van der Waals surface area contributed by atoms with E-state index in [2.05, 4.69) is 5.32 Å². The smallest absolute Gasteiger partial charge is 0.282 e. The number of benzene rings is 2. The first-order valence-electron chi connectivity index (χ1n) is 6.29. The second-order valence-corrected chi connectivity index (χ2v) is 4.52. The number of halogens is 1. The van der Waals surface area contributed by atoms with Gasteiger partial charge < -0.3 is 5.32 Å². The summed E-state index contributed by atoms with van der Waals surface area (Å²) in [7, 11) is 0. The maximum atomic E-state index is 13.2. The summed E-state index contributed by atoms with van der Waals surface area (Å²) in [5.74, 6) is -1.38. The van der Waals surface area contributed by atoms with Crippen LogP contribution in [-0.2, 0) is 0 Å². The van der Waals surface area contributed by atoms with Gasteiger partial charge in [0, 0.05) is 6.07 Å². The average Bonchev–Trinajstić information content (AvgIpc) is 2.47. The topological polar surface area (TPSA) is 72.2 Å². The molecular formula is C15H13FN2O3. The highest BCUT2D eigenvalue weighted by Gasteiger charge is 2.22. The van der Waals surface area contributed by atoms with Gasteiger partial charge in [-0.1, -0.05) is 30.3 Å². The molecule has 0 bridgehead atoms. The van der Waals surface area contributed by atoms with Gasteiger partial charge in [-0.3, -0.25) is 14.9 Å². The number of carbonyl (C=O) groups excluding carboxylic acids is 1. The predicted octanol–water partition coefficient (Wildman–Crippen LogP) is 3.22. The van der Waals surface area contributed by atoms with E-state index < -0.39 is 22.3 Å². The van der Waals surface area contributed by atoms with Crippen molar-refractivity contribution in [1.29, 1.82) is 0 Å². The Labute approximate surface area is 120 Å². The molecule has 108 valence electrons. The summed E-state index contributed by atoms with van der Waals surface area (Å²) < 4.78 is 13.2. The molecule has 1 unspecified atom stereocenters. The molecule has 2 aromatic carbocycles. The third-order valence-electron chi connectivity index (χ3n) is 3.05. The van der Waals surface area contributed by atoms with Gasteiger partial charge in [-0.25, -0.2) is 4.39 Å². The number of hydrogen-bond donors (Lipinski definition) is 1. The minimum atomic E-state index is -0.707. The van der Waals surface area contributed by atoms with Gasteiger partial charge in [0.05, 0.1) is 11.0 Å². The summed E-state index contributed by atoms with van der Waals surface area (Å²) in [6.45, 7) is 1.75. The third-order valence-corrected chi connectivity index (χ3v) is 3.05. The van der Waals surface area contributed by atoms with Gasteiger partial charge in [0.1, 0.15) is 11.4 Å². The van der Waals surface area contributed by atoms with Crippen LogP contribution in [0.25, 0.3) is 0 Å². The first kappa shape index (κ1) is 14.6. The molecule has 1 amide bonds. The summed E-state index contributed by atoms with van der Waals surface area (Å²) in [5.41, 5.74) is 0.141. The zero-order chi connectivity index (χ0) is 15.4. The predicted molar refractivity (Wildman–Crippen MR) is 75.4 cm³/mol. The number of nitrogens with zero attached hydrogens (tertiary/aromatic N) is 1. The van der Waals surface area contributed by atoms with Crippen LogP contribution in [0.4, 0.5) is 10.1 Å². The van der Waals surface area contributed by atoms with Crippen LogP contribution < -0.4 is 5.32 Å². The van der Waals surface area contributed by atoms with E-state index in [1.165, 1.54) is 0 Å². The van der Waals surface area contributed by atoms with Crippen LogP contribution in [0.2, 0.25) is 0 Å². The molecule has 0 aliphatic heterocycles. The van der Waals surface area contributed by atoms with Gasteiger partial charge in [-0.05, 0) is 24.6 Å². The zero-order valence-corrected chi connectivity index (χ0v) is 11.2. The maximum Gasteiger partial charge on any atom is 0.282 e. The summed E-state index contributed by atoms with van der Waals surface area (Å²) >= 11 is 0. The van der Waals surface area contributed by atoms with E-state index in [-0.39, 0.29) is 11.6 Å². The minimum Gasteiger partial charge on any atom is -0.345 e. The number of rotatable bonds is 4. The Kier molecular flexibility index (Phi) is 4.27. The Morgan fingerprint density at radius 2 is 1.90 bits per heavy atom. The molecule has 0 aliphatic rings. The van der Waals surface area contributed by atoms with E-state index in [4.69, 9.17) is 0 Å². The van der Waals surface area contributed by atoms with Crippen LogP contribution in [0, 0.1) is 15.9 Å². The second kappa shape index (κ2) is 6.13. The van der Waals surface area contributed by atoms with Crippen molar-refractivity contribution in [2.75, 3.05) is 0 Å². The molecule has 0 saturated carbocycles. The first-order chi connectivity index (χ1) is 9.99. The van der Waals surface area contributed by atoms with Crippen LogP contribution in [-0.4, -0.2) is 10.8 Å². The number of nitro groups is 1. The van der Waals surface area contributed by atoms with Crippen molar-refractivity contribution in [3.05, 3.63) is 75.6 Å². The van der Waals surface area contributed by atoms with Gasteiger partial charge in [0.2, 0.25) is 0 Å². The minimum absolute atomic E-state index is 0.289. The third kappa shape index (κ3) is 3.42. The molecular weight excluding hydrogens is 275 g/mol. The SMILES string of the molecule is CC(NC(=O)c1cc(F)ccc1[N+](=O)[O-])c1ccccc1. The van der Waals surface area contributed by atoms with Crippen LogP contribution in [0.15, 0.2) is 48.5 Å². The molecule has 0 spiro atoms. The lowest BCUT2D eigenvalue weighted by molar-refractivity contribution is -0.385. The maximum absolute atomic E-state index is 13.2. The standard InChI is InChI=1S/C15H13FN2O3/c1-10(11-5-3-2-4-6-11)17-15(19)13-9-12(16)7-8-14(13)18(20)21/h2-10H,1H3,(H,17,19). The van der Waals surface area contributed by atoms with E-state index in [1.807, 2.05) is 30.3 Å². The van der Waals surface area contributed by atoms with Crippen molar-refractivity contribution in [3.8, 4) is 0 Å². The molecule has 0 aliphatic carbocycles. The van der Waals surface area contributed by atoms with Crippen molar-refractivity contribution in [2.24, 2.45) is 0 Å². The molecule has 0 radical (unpaired) electrons. The van der Waals surface area contributed by atoms with E-state index in [0.717, 1.165) is 23.8 Å². The van der Waals surface area contributed by atoms with E-state index in [9.17, 15) is 19.3 Å². The van der Waals surface area contributed by atoms with Crippen molar-refractivity contribution in [1.82, 2.24) is 5.32 Å². The van der Waals surface area contributed by atoms with Crippen molar-refractivity contribution in [2.45, 2.75) is 13.0 Å². The molecule has 6 heteroatoms. The van der Waals surface area contributed by atoms with Gasteiger partial charge in [0.15, 0.2) is 0 Å². The van der Waals surface area contributed by atoms with E-state index in [1.54, 1.807) is 6.92 Å². The number of amides is 1. The van der Waals surface area contributed by atoms with E-state index in [0.29, 0.717) is 0 Å². The van der Waals surface area contributed by atoms with Gasteiger partial charge >= 0.3 is 0 Å².